The number of piperazine rings is 1. The third-order valence-electron chi connectivity index (χ3n) is 6.71. The number of carbonyl (C=O) groups excluding carboxylic acids is 1. The predicted molar refractivity (Wildman–Crippen MR) is 125 cm³/mol. The van der Waals surface area contributed by atoms with Gasteiger partial charge in [0.2, 0.25) is 5.91 Å². The number of carbonyl (C=O) groups is 1. The number of aromatic nitrogens is 4. The highest BCUT2D eigenvalue weighted by Crippen LogP contribution is 2.23. The maximum absolute atomic E-state index is 11.9. The van der Waals surface area contributed by atoms with Crippen molar-refractivity contribution in [1.82, 2.24) is 23.8 Å². The van der Waals surface area contributed by atoms with Crippen LogP contribution in [0.1, 0.15) is 12.8 Å². The van der Waals surface area contributed by atoms with Gasteiger partial charge in [0.1, 0.15) is 22.9 Å². The molecule has 8 nitrogen and oxygen atoms in total. The smallest absolute Gasteiger partial charge is 0.222 e. The molecule has 2 saturated heterocycles. The molecule has 0 N–H and O–H groups in total. The molecule has 4 aromatic rings. The number of likely N-dealkylation sites (tertiary alicyclic amines) is 1. The van der Waals surface area contributed by atoms with Crippen molar-refractivity contribution in [3.8, 4) is 0 Å². The Morgan fingerprint density at radius 2 is 1.75 bits per heavy atom. The topological polar surface area (TPSA) is 61.9 Å². The van der Waals surface area contributed by atoms with E-state index in [1.807, 2.05) is 23.4 Å². The highest BCUT2D eigenvalue weighted by atomic mass is 16.2. The van der Waals surface area contributed by atoms with Crippen LogP contribution in [0.5, 0.6) is 0 Å². The van der Waals surface area contributed by atoms with Crippen LogP contribution in [0.4, 0.5) is 11.6 Å². The number of rotatable bonds is 5. The molecule has 0 unspecified atom stereocenters. The van der Waals surface area contributed by atoms with Gasteiger partial charge in [-0.15, -0.1) is 0 Å². The van der Waals surface area contributed by atoms with Crippen molar-refractivity contribution in [2.45, 2.75) is 19.4 Å². The summed E-state index contributed by atoms with van der Waals surface area (Å²) in [4.78, 5) is 28.1. The molecule has 4 aromatic heterocycles. The van der Waals surface area contributed by atoms with Crippen molar-refractivity contribution in [2.24, 2.45) is 0 Å². The molecule has 0 atom stereocenters. The summed E-state index contributed by atoms with van der Waals surface area (Å²) < 4.78 is 4.33. The number of pyridine rings is 2. The first-order chi connectivity index (χ1) is 15.8. The molecular formula is C24H27N7O. The van der Waals surface area contributed by atoms with Crippen molar-refractivity contribution in [1.29, 1.82) is 0 Å². The number of fused-ring (bicyclic) bond motifs is 2. The van der Waals surface area contributed by atoms with Crippen LogP contribution in [0.2, 0.25) is 0 Å². The first kappa shape index (κ1) is 19.2. The summed E-state index contributed by atoms with van der Waals surface area (Å²) in [6, 6.07) is 12.7. The second kappa shape index (κ2) is 7.85. The van der Waals surface area contributed by atoms with Gasteiger partial charge in [-0.2, -0.15) is 0 Å². The van der Waals surface area contributed by atoms with Crippen LogP contribution >= 0.6 is 0 Å². The normalized spacial score (nSPS) is 17.2. The Hall–Kier alpha value is -3.55. The lowest BCUT2D eigenvalue weighted by atomic mass is 10.2. The van der Waals surface area contributed by atoms with Crippen LogP contribution in [0, 0.1) is 0 Å². The molecule has 164 valence electrons. The van der Waals surface area contributed by atoms with Crippen molar-refractivity contribution < 1.29 is 4.79 Å². The fourth-order valence-electron chi connectivity index (χ4n) is 4.93. The maximum atomic E-state index is 11.9. The summed E-state index contributed by atoms with van der Waals surface area (Å²) in [5.74, 6) is 2.49. The molecule has 0 aliphatic carbocycles. The standard InChI is InChI=1S/C24H27N7O/c32-23-5-2-10-29(23)17-18-30-11-8-19-6-7-21(26-24(19)30)27-13-15-28(16-14-27)22-4-1-3-20-25-9-12-31(20)22/h1,3-4,6-9,11-12H,2,5,10,13-18H2. The van der Waals surface area contributed by atoms with Crippen molar-refractivity contribution in [3.05, 3.63) is 55.0 Å². The zero-order valence-corrected chi connectivity index (χ0v) is 18.1. The number of hydrogen-bond acceptors (Lipinski definition) is 5. The van der Waals surface area contributed by atoms with E-state index in [4.69, 9.17) is 4.98 Å². The largest absolute Gasteiger partial charge is 0.354 e. The summed E-state index contributed by atoms with van der Waals surface area (Å²) in [6.45, 7) is 6.15. The zero-order chi connectivity index (χ0) is 21.5. The van der Waals surface area contributed by atoms with Gasteiger partial charge in [0.25, 0.3) is 0 Å². The van der Waals surface area contributed by atoms with Crippen LogP contribution in [-0.2, 0) is 11.3 Å². The number of nitrogens with zero attached hydrogens (tertiary/aromatic N) is 7. The average Bonchev–Trinajstić information content (AvgIpc) is 3.57. The highest BCUT2D eigenvalue weighted by molar-refractivity contribution is 5.79. The Morgan fingerprint density at radius 1 is 0.875 bits per heavy atom. The fourth-order valence-corrected chi connectivity index (χ4v) is 4.93. The molecule has 0 spiro atoms. The minimum Gasteiger partial charge on any atom is -0.354 e. The molecule has 8 heteroatoms. The summed E-state index contributed by atoms with van der Waals surface area (Å²) in [6.07, 6.45) is 7.64. The lowest BCUT2D eigenvalue weighted by molar-refractivity contribution is -0.127. The first-order valence-corrected chi connectivity index (χ1v) is 11.4. The minimum atomic E-state index is 0.277. The van der Waals surface area contributed by atoms with E-state index in [2.05, 4.69) is 60.3 Å². The quantitative estimate of drug-likeness (QED) is 0.488. The van der Waals surface area contributed by atoms with Crippen LogP contribution < -0.4 is 9.80 Å². The molecule has 2 aliphatic heterocycles. The number of hydrogen-bond donors (Lipinski definition) is 0. The van der Waals surface area contributed by atoms with Gasteiger partial charge in [-0.3, -0.25) is 9.20 Å². The Labute approximate surface area is 186 Å². The first-order valence-electron chi connectivity index (χ1n) is 11.4. The lowest BCUT2D eigenvalue weighted by Crippen LogP contribution is -2.47. The van der Waals surface area contributed by atoms with Crippen LogP contribution in [0.15, 0.2) is 55.0 Å². The molecule has 32 heavy (non-hydrogen) atoms. The van der Waals surface area contributed by atoms with Gasteiger partial charge < -0.3 is 19.3 Å². The van der Waals surface area contributed by atoms with E-state index >= 15 is 0 Å². The van der Waals surface area contributed by atoms with Gasteiger partial charge in [0.05, 0.1) is 0 Å². The SMILES string of the molecule is O=C1CCCN1CCn1ccc2ccc(N3CCN(c4cccc5nccn45)CC3)nc21. The van der Waals surface area contributed by atoms with Gasteiger partial charge in [-0.05, 0) is 36.8 Å². The predicted octanol–water partition coefficient (Wildman–Crippen LogP) is 2.63. The van der Waals surface area contributed by atoms with Gasteiger partial charge in [0, 0.05) is 76.2 Å². The van der Waals surface area contributed by atoms with Gasteiger partial charge in [0.15, 0.2) is 0 Å². The molecule has 6 heterocycles. The Morgan fingerprint density at radius 3 is 2.59 bits per heavy atom. The van der Waals surface area contributed by atoms with Crippen LogP contribution in [0.3, 0.4) is 0 Å². The van der Waals surface area contributed by atoms with Crippen LogP contribution in [0.25, 0.3) is 16.7 Å². The summed E-state index contributed by atoms with van der Waals surface area (Å²) in [5, 5.41) is 1.15. The molecule has 2 aliphatic rings. The number of amides is 1. The average molecular weight is 430 g/mol. The van der Waals surface area contributed by atoms with Gasteiger partial charge >= 0.3 is 0 Å². The van der Waals surface area contributed by atoms with Crippen molar-refractivity contribution >= 4 is 34.2 Å². The molecule has 0 saturated carbocycles. The van der Waals surface area contributed by atoms with E-state index in [0.717, 1.165) is 74.7 Å². The molecule has 6 rings (SSSR count). The zero-order valence-electron chi connectivity index (χ0n) is 18.1. The maximum Gasteiger partial charge on any atom is 0.222 e. The van der Waals surface area contributed by atoms with Crippen LogP contribution in [-0.4, -0.2) is 69.0 Å². The second-order valence-corrected chi connectivity index (χ2v) is 8.59. The fraction of sp³-hybridized carbons (Fsp3) is 0.375. The van der Waals surface area contributed by atoms with E-state index in [0.29, 0.717) is 6.42 Å². The highest BCUT2D eigenvalue weighted by Gasteiger charge is 2.22. The minimum absolute atomic E-state index is 0.277. The molecule has 0 radical (unpaired) electrons. The lowest BCUT2D eigenvalue weighted by Gasteiger charge is -2.36. The van der Waals surface area contributed by atoms with E-state index < -0.39 is 0 Å². The van der Waals surface area contributed by atoms with E-state index in [1.165, 1.54) is 5.82 Å². The van der Waals surface area contributed by atoms with E-state index in [9.17, 15) is 4.79 Å². The summed E-state index contributed by atoms with van der Waals surface area (Å²) in [7, 11) is 0. The molecule has 1 amide bonds. The second-order valence-electron chi connectivity index (χ2n) is 8.59. The van der Waals surface area contributed by atoms with E-state index in [-0.39, 0.29) is 5.91 Å². The van der Waals surface area contributed by atoms with Crippen molar-refractivity contribution in [3.63, 3.8) is 0 Å². The molecule has 0 bridgehead atoms. The molecule has 0 aromatic carbocycles. The third kappa shape index (κ3) is 3.36. The summed E-state index contributed by atoms with van der Waals surface area (Å²) in [5.41, 5.74) is 1.98. The summed E-state index contributed by atoms with van der Waals surface area (Å²) >= 11 is 0. The van der Waals surface area contributed by atoms with Gasteiger partial charge in [-0.25, -0.2) is 9.97 Å². The van der Waals surface area contributed by atoms with Crippen molar-refractivity contribution in [2.75, 3.05) is 49.1 Å². The Kier molecular flexibility index (Phi) is 4.70. The monoisotopic (exact) mass is 429 g/mol. The molecule has 2 fully saturated rings. The van der Waals surface area contributed by atoms with Gasteiger partial charge in [-0.1, -0.05) is 6.07 Å². The number of anilines is 2. The third-order valence-corrected chi connectivity index (χ3v) is 6.71. The number of imidazole rings is 1. The Bertz CT molecular complexity index is 1270. The Balaban J connectivity index is 1.17. The molecular weight excluding hydrogens is 402 g/mol. The van der Waals surface area contributed by atoms with E-state index in [1.54, 1.807) is 0 Å².